The Kier molecular flexibility index (Phi) is 4.04. The van der Waals surface area contributed by atoms with Crippen molar-refractivity contribution in [1.82, 2.24) is 0 Å². The third-order valence-corrected chi connectivity index (χ3v) is 2.85. The first-order valence-corrected chi connectivity index (χ1v) is 5.92. The van der Waals surface area contributed by atoms with Crippen molar-refractivity contribution in [2.24, 2.45) is 0 Å². The summed E-state index contributed by atoms with van der Waals surface area (Å²) in [5, 5.41) is 11.0. The van der Waals surface area contributed by atoms with E-state index in [1.54, 1.807) is 55.6 Å². The molecule has 0 unspecified atom stereocenters. The number of halogens is 1. The van der Waals surface area contributed by atoms with Gasteiger partial charge in [-0.1, -0.05) is 11.6 Å². The Hall–Kier alpha value is -2.04. The van der Waals surface area contributed by atoms with Crippen molar-refractivity contribution in [3.8, 4) is 5.75 Å². The number of carbonyl (C=O) groups excluding carboxylic acids is 1. The summed E-state index contributed by atoms with van der Waals surface area (Å²) >= 11 is 5.75. The number of rotatable bonds is 3. The number of nitrogens with zero attached hydrogens (tertiary/aromatic N) is 1. The van der Waals surface area contributed by atoms with Crippen molar-refractivity contribution in [2.75, 3.05) is 12.2 Å². The largest absolute Gasteiger partial charge is 0.497 e. The molecule has 4 nitrogen and oxygen atoms in total. The molecule has 5 heteroatoms. The third-order valence-electron chi connectivity index (χ3n) is 2.60. The Morgan fingerprint density at radius 1 is 1.11 bits per heavy atom. The zero-order valence-corrected chi connectivity index (χ0v) is 11.0. The Bertz CT molecular complexity index is 566. The van der Waals surface area contributed by atoms with Gasteiger partial charge in [0.05, 0.1) is 12.8 Å². The van der Waals surface area contributed by atoms with Gasteiger partial charge >= 0.3 is 0 Å². The molecule has 2 aromatic carbocycles. The summed E-state index contributed by atoms with van der Waals surface area (Å²) in [7, 11) is 1.54. The Morgan fingerprint density at radius 2 is 1.68 bits per heavy atom. The molecule has 0 saturated carbocycles. The quantitative estimate of drug-likeness (QED) is 0.691. The topological polar surface area (TPSA) is 49.8 Å². The van der Waals surface area contributed by atoms with Crippen LogP contribution < -0.4 is 9.80 Å². The second kappa shape index (κ2) is 5.73. The van der Waals surface area contributed by atoms with Crippen LogP contribution in [0.2, 0.25) is 5.02 Å². The lowest BCUT2D eigenvalue weighted by molar-refractivity contribution is 0.0854. The lowest BCUT2D eigenvalue weighted by atomic mass is 10.2. The van der Waals surface area contributed by atoms with Crippen molar-refractivity contribution in [3.05, 3.63) is 59.1 Å². The summed E-state index contributed by atoms with van der Waals surface area (Å²) < 4.78 is 5.01. The molecule has 0 aliphatic carbocycles. The van der Waals surface area contributed by atoms with Gasteiger partial charge in [-0.3, -0.25) is 10.0 Å². The lowest BCUT2D eigenvalue weighted by Crippen LogP contribution is -2.26. The summed E-state index contributed by atoms with van der Waals surface area (Å²) in [4.78, 5) is 12.0. The maximum atomic E-state index is 12.0. The van der Waals surface area contributed by atoms with E-state index in [1.165, 1.54) is 0 Å². The number of methoxy groups -OCH3 is 1. The highest BCUT2D eigenvalue weighted by atomic mass is 35.5. The summed E-state index contributed by atoms with van der Waals surface area (Å²) in [6, 6.07) is 12.8. The predicted octanol–water partition coefficient (Wildman–Crippen LogP) is 3.38. The fourth-order valence-electron chi connectivity index (χ4n) is 1.56. The summed E-state index contributed by atoms with van der Waals surface area (Å²) in [5.74, 6) is 0.123. The van der Waals surface area contributed by atoms with Gasteiger partial charge in [0.1, 0.15) is 5.75 Å². The number of ether oxygens (including phenoxy) is 1. The molecule has 0 atom stereocenters. The molecule has 0 aliphatic heterocycles. The second-order valence-corrected chi connectivity index (χ2v) is 4.26. The van der Waals surface area contributed by atoms with E-state index in [1.807, 2.05) is 0 Å². The number of amides is 1. The molecular weight excluding hydrogens is 266 g/mol. The van der Waals surface area contributed by atoms with E-state index in [-0.39, 0.29) is 0 Å². The van der Waals surface area contributed by atoms with Crippen LogP contribution in [-0.4, -0.2) is 18.2 Å². The molecule has 1 amide bonds. The molecule has 0 radical (unpaired) electrons. The molecule has 98 valence electrons. The number of hydrogen-bond acceptors (Lipinski definition) is 3. The molecule has 0 fully saturated rings. The second-order valence-electron chi connectivity index (χ2n) is 3.82. The maximum Gasteiger partial charge on any atom is 0.281 e. The highest BCUT2D eigenvalue weighted by Crippen LogP contribution is 2.19. The van der Waals surface area contributed by atoms with Crippen LogP contribution in [0.1, 0.15) is 10.4 Å². The van der Waals surface area contributed by atoms with E-state index in [2.05, 4.69) is 0 Å². The van der Waals surface area contributed by atoms with Crippen molar-refractivity contribution in [2.45, 2.75) is 0 Å². The normalized spacial score (nSPS) is 10.1. The van der Waals surface area contributed by atoms with Crippen molar-refractivity contribution >= 4 is 23.2 Å². The number of benzene rings is 2. The average molecular weight is 278 g/mol. The molecule has 0 aliphatic rings. The van der Waals surface area contributed by atoms with E-state index < -0.39 is 5.91 Å². The summed E-state index contributed by atoms with van der Waals surface area (Å²) in [6.45, 7) is 0. The number of anilines is 1. The van der Waals surface area contributed by atoms with Gasteiger partial charge in [0.2, 0.25) is 0 Å². The Balaban J connectivity index is 2.20. The monoisotopic (exact) mass is 277 g/mol. The minimum absolute atomic E-state index is 0.352. The SMILES string of the molecule is COc1ccc(C(=O)N(O)c2ccc(Cl)cc2)cc1. The highest BCUT2D eigenvalue weighted by Gasteiger charge is 2.15. The Labute approximate surface area is 115 Å². The van der Waals surface area contributed by atoms with Crippen LogP contribution in [0.25, 0.3) is 0 Å². The molecule has 2 rings (SSSR count). The van der Waals surface area contributed by atoms with Crippen LogP contribution in [0.5, 0.6) is 5.75 Å². The Morgan fingerprint density at radius 3 is 2.21 bits per heavy atom. The van der Waals surface area contributed by atoms with Gasteiger partial charge < -0.3 is 4.74 Å². The van der Waals surface area contributed by atoms with Crippen LogP contribution in [0, 0.1) is 0 Å². The van der Waals surface area contributed by atoms with Gasteiger partial charge in [0, 0.05) is 10.6 Å². The molecule has 0 aromatic heterocycles. The lowest BCUT2D eigenvalue weighted by Gasteiger charge is -2.15. The first kappa shape index (κ1) is 13.4. The third kappa shape index (κ3) is 3.05. The van der Waals surface area contributed by atoms with E-state index >= 15 is 0 Å². The molecule has 1 N–H and O–H groups in total. The van der Waals surface area contributed by atoms with Crippen molar-refractivity contribution < 1.29 is 14.7 Å². The van der Waals surface area contributed by atoms with Crippen LogP contribution in [-0.2, 0) is 0 Å². The van der Waals surface area contributed by atoms with E-state index in [4.69, 9.17) is 16.3 Å². The van der Waals surface area contributed by atoms with Crippen LogP contribution in [0.15, 0.2) is 48.5 Å². The van der Waals surface area contributed by atoms with Gasteiger partial charge in [-0.2, -0.15) is 5.06 Å². The molecule has 2 aromatic rings. The van der Waals surface area contributed by atoms with Crippen molar-refractivity contribution in [3.63, 3.8) is 0 Å². The summed E-state index contributed by atoms with van der Waals surface area (Å²) in [5.41, 5.74) is 0.712. The zero-order chi connectivity index (χ0) is 13.8. The fraction of sp³-hybridized carbons (Fsp3) is 0.0714. The minimum atomic E-state index is -0.523. The minimum Gasteiger partial charge on any atom is -0.497 e. The summed E-state index contributed by atoms with van der Waals surface area (Å²) in [6.07, 6.45) is 0. The zero-order valence-electron chi connectivity index (χ0n) is 10.2. The standard InChI is InChI=1S/C14H12ClNO3/c1-19-13-8-2-10(3-9-13)14(17)16(18)12-6-4-11(15)5-7-12/h2-9,18H,1H3. The maximum absolute atomic E-state index is 12.0. The van der Waals surface area contributed by atoms with E-state index in [9.17, 15) is 10.0 Å². The van der Waals surface area contributed by atoms with Crippen molar-refractivity contribution in [1.29, 1.82) is 0 Å². The van der Waals surface area contributed by atoms with Gasteiger partial charge in [-0.15, -0.1) is 0 Å². The van der Waals surface area contributed by atoms with Gasteiger partial charge in [-0.05, 0) is 48.5 Å². The first-order valence-electron chi connectivity index (χ1n) is 5.55. The highest BCUT2D eigenvalue weighted by molar-refractivity contribution is 6.30. The molecular formula is C14H12ClNO3. The molecule has 19 heavy (non-hydrogen) atoms. The van der Waals surface area contributed by atoms with Gasteiger partial charge in [0.15, 0.2) is 0 Å². The van der Waals surface area contributed by atoms with E-state index in [0.717, 1.165) is 0 Å². The number of hydrogen-bond donors (Lipinski definition) is 1. The van der Waals surface area contributed by atoms with Gasteiger partial charge in [0.25, 0.3) is 5.91 Å². The molecule has 0 heterocycles. The smallest absolute Gasteiger partial charge is 0.281 e. The van der Waals surface area contributed by atoms with Gasteiger partial charge in [-0.25, -0.2) is 0 Å². The average Bonchev–Trinajstić information content (AvgIpc) is 2.46. The molecule has 0 bridgehead atoms. The fourth-order valence-corrected chi connectivity index (χ4v) is 1.68. The van der Waals surface area contributed by atoms with Crippen LogP contribution in [0.3, 0.4) is 0 Å². The van der Waals surface area contributed by atoms with Crippen LogP contribution >= 0.6 is 11.6 Å². The number of carbonyl (C=O) groups is 1. The molecule has 0 saturated heterocycles. The molecule has 0 spiro atoms. The van der Waals surface area contributed by atoms with Crippen LogP contribution in [0.4, 0.5) is 5.69 Å². The predicted molar refractivity (Wildman–Crippen MR) is 73.0 cm³/mol. The first-order chi connectivity index (χ1) is 9.11. The van der Waals surface area contributed by atoms with E-state index in [0.29, 0.717) is 27.1 Å². The number of hydroxylamine groups is 1.